The summed E-state index contributed by atoms with van der Waals surface area (Å²) in [5, 5.41) is 7.36. The van der Waals surface area contributed by atoms with Crippen molar-refractivity contribution in [3.05, 3.63) is 54.1 Å². The van der Waals surface area contributed by atoms with Crippen LogP contribution in [0.1, 0.15) is 16.8 Å². The van der Waals surface area contributed by atoms with Crippen LogP contribution in [0.3, 0.4) is 0 Å². The van der Waals surface area contributed by atoms with Crippen LogP contribution in [0.4, 0.5) is 5.82 Å². The van der Waals surface area contributed by atoms with E-state index in [1.54, 1.807) is 24.3 Å². The van der Waals surface area contributed by atoms with E-state index in [2.05, 4.69) is 27.1 Å². The largest absolute Gasteiger partial charge is 0.369 e. The van der Waals surface area contributed by atoms with E-state index >= 15 is 0 Å². The van der Waals surface area contributed by atoms with Crippen LogP contribution in [-0.4, -0.2) is 31.2 Å². The number of nitrogens with zero attached hydrogens (tertiary/aromatic N) is 1. The van der Waals surface area contributed by atoms with E-state index in [0.717, 1.165) is 24.2 Å². The molecule has 0 saturated carbocycles. The Hall–Kier alpha value is -2.34. The predicted molar refractivity (Wildman–Crippen MR) is 96.9 cm³/mol. The Balaban J connectivity index is 1.43. The Labute approximate surface area is 140 Å². The second-order valence-electron chi connectivity index (χ2n) is 5.19. The topological polar surface area (TPSA) is 54.0 Å². The van der Waals surface area contributed by atoms with Gasteiger partial charge in [0.15, 0.2) is 0 Å². The predicted octanol–water partition coefficient (Wildman–Crippen LogP) is 2.32. The monoisotopic (exact) mass is 321 g/mol. The van der Waals surface area contributed by atoms with Crippen molar-refractivity contribution in [2.45, 2.75) is 6.42 Å². The molecule has 0 spiro atoms. The lowest BCUT2D eigenvalue weighted by Crippen LogP contribution is -2.26. The van der Waals surface area contributed by atoms with Crippen molar-refractivity contribution in [3.8, 4) is 0 Å². The van der Waals surface area contributed by atoms with Crippen molar-refractivity contribution >= 4 is 46.7 Å². The molecule has 2 radical (unpaired) electrons. The van der Waals surface area contributed by atoms with Crippen LogP contribution < -0.4 is 16.1 Å². The molecule has 4 nitrogen and oxygen atoms in total. The van der Waals surface area contributed by atoms with E-state index in [0.29, 0.717) is 17.6 Å². The third kappa shape index (κ3) is 3.90. The molecule has 114 valence electrons. The molecular formula is C17H16BN3OS. The van der Waals surface area contributed by atoms with Crippen molar-refractivity contribution in [3.63, 3.8) is 0 Å². The van der Waals surface area contributed by atoms with E-state index < -0.39 is 0 Å². The van der Waals surface area contributed by atoms with Crippen LogP contribution in [0.15, 0.2) is 48.5 Å². The number of rotatable bonds is 6. The number of anilines is 1. The van der Waals surface area contributed by atoms with Crippen molar-refractivity contribution in [2.24, 2.45) is 0 Å². The molecule has 0 aliphatic heterocycles. The smallest absolute Gasteiger partial charge is 0.251 e. The van der Waals surface area contributed by atoms with Gasteiger partial charge in [0.25, 0.3) is 5.91 Å². The van der Waals surface area contributed by atoms with Gasteiger partial charge in [-0.1, -0.05) is 41.9 Å². The Morgan fingerprint density at radius 1 is 1.09 bits per heavy atom. The molecule has 1 aromatic heterocycles. The maximum Gasteiger partial charge on any atom is 0.251 e. The first-order valence-corrected chi connectivity index (χ1v) is 8.23. The first-order valence-electron chi connectivity index (χ1n) is 7.46. The number of nitrogens with one attached hydrogen (secondary N) is 2. The lowest BCUT2D eigenvalue weighted by molar-refractivity contribution is 0.0953. The second kappa shape index (κ2) is 7.29. The van der Waals surface area contributed by atoms with E-state index in [1.165, 1.54) is 16.2 Å². The van der Waals surface area contributed by atoms with Gasteiger partial charge in [-0.25, -0.2) is 0 Å². The van der Waals surface area contributed by atoms with E-state index in [9.17, 15) is 4.79 Å². The van der Waals surface area contributed by atoms with Crippen LogP contribution in [0, 0.1) is 0 Å². The van der Waals surface area contributed by atoms with Crippen LogP contribution in [0.5, 0.6) is 0 Å². The molecule has 0 atom stereocenters. The zero-order valence-corrected chi connectivity index (χ0v) is 13.4. The SMILES string of the molecule is [B]c1ccc(C(=O)NCCCNc2nsc3ccccc23)cc1. The average Bonchev–Trinajstić information content (AvgIpc) is 2.98. The molecule has 3 aromatic rings. The Bertz CT molecular complexity index is 801. The third-order valence-corrected chi connectivity index (χ3v) is 4.31. The first-order chi connectivity index (χ1) is 11.2. The van der Waals surface area contributed by atoms with Gasteiger partial charge in [-0.2, -0.15) is 4.37 Å². The van der Waals surface area contributed by atoms with Crippen molar-refractivity contribution in [1.82, 2.24) is 9.69 Å². The van der Waals surface area contributed by atoms with Crippen LogP contribution in [0.25, 0.3) is 10.1 Å². The molecule has 6 heteroatoms. The minimum atomic E-state index is -0.0795. The maximum atomic E-state index is 11.9. The quantitative estimate of drug-likeness (QED) is 0.541. The zero-order valence-electron chi connectivity index (χ0n) is 12.6. The zero-order chi connectivity index (χ0) is 16.1. The van der Waals surface area contributed by atoms with Crippen LogP contribution in [-0.2, 0) is 0 Å². The fourth-order valence-corrected chi connectivity index (χ4v) is 3.00. The number of amides is 1. The molecule has 1 heterocycles. The van der Waals surface area contributed by atoms with Crippen molar-refractivity contribution < 1.29 is 4.79 Å². The van der Waals surface area contributed by atoms with Gasteiger partial charge in [0.1, 0.15) is 13.7 Å². The summed E-state index contributed by atoms with van der Waals surface area (Å²) in [5.41, 5.74) is 1.28. The highest BCUT2D eigenvalue weighted by Gasteiger charge is 2.05. The molecule has 3 rings (SSSR count). The van der Waals surface area contributed by atoms with Gasteiger partial charge in [0.05, 0.1) is 4.70 Å². The number of aromatic nitrogens is 1. The van der Waals surface area contributed by atoms with Crippen LogP contribution >= 0.6 is 11.5 Å². The van der Waals surface area contributed by atoms with Gasteiger partial charge in [0, 0.05) is 24.0 Å². The molecule has 0 saturated heterocycles. The van der Waals surface area contributed by atoms with Crippen molar-refractivity contribution in [1.29, 1.82) is 0 Å². The molecule has 2 N–H and O–H groups in total. The van der Waals surface area contributed by atoms with Crippen molar-refractivity contribution in [2.75, 3.05) is 18.4 Å². The van der Waals surface area contributed by atoms with Gasteiger partial charge < -0.3 is 10.6 Å². The lowest BCUT2D eigenvalue weighted by Gasteiger charge is -2.07. The summed E-state index contributed by atoms with van der Waals surface area (Å²) in [7, 11) is 5.61. The Kier molecular flexibility index (Phi) is 4.93. The normalized spacial score (nSPS) is 10.6. The molecule has 0 bridgehead atoms. The summed E-state index contributed by atoms with van der Waals surface area (Å²) < 4.78 is 5.59. The minimum absolute atomic E-state index is 0.0795. The molecule has 0 unspecified atom stereocenters. The minimum Gasteiger partial charge on any atom is -0.369 e. The number of carbonyl (C=O) groups excluding carboxylic acids is 1. The highest BCUT2D eigenvalue weighted by atomic mass is 32.1. The van der Waals surface area contributed by atoms with Gasteiger partial charge in [-0.05, 0) is 30.1 Å². The number of hydrogen-bond donors (Lipinski definition) is 2. The summed E-state index contributed by atoms with van der Waals surface area (Å²) in [6.07, 6.45) is 0.826. The molecular weight excluding hydrogens is 305 g/mol. The fraction of sp³-hybridized carbons (Fsp3) is 0.176. The molecule has 0 aliphatic rings. The first kappa shape index (κ1) is 15.6. The maximum absolute atomic E-state index is 11.9. The molecule has 0 aliphatic carbocycles. The van der Waals surface area contributed by atoms with Crippen LogP contribution in [0.2, 0.25) is 0 Å². The van der Waals surface area contributed by atoms with E-state index in [4.69, 9.17) is 7.85 Å². The summed E-state index contributed by atoms with van der Waals surface area (Å²) in [6.45, 7) is 1.37. The van der Waals surface area contributed by atoms with Gasteiger partial charge in [-0.15, -0.1) is 0 Å². The molecule has 1 amide bonds. The highest BCUT2D eigenvalue weighted by molar-refractivity contribution is 7.13. The van der Waals surface area contributed by atoms with E-state index in [1.807, 2.05) is 12.1 Å². The molecule has 2 aromatic carbocycles. The number of hydrogen-bond acceptors (Lipinski definition) is 4. The average molecular weight is 321 g/mol. The third-order valence-electron chi connectivity index (χ3n) is 3.48. The van der Waals surface area contributed by atoms with Gasteiger partial charge in [-0.3, -0.25) is 4.79 Å². The Morgan fingerprint density at radius 2 is 1.87 bits per heavy atom. The van der Waals surface area contributed by atoms with Gasteiger partial charge in [0.2, 0.25) is 0 Å². The summed E-state index contributed by atoms with van der Waals surface area (Å²) in [5.74, 6) is 0.833. The van der Waals surface area contributed by atoms with Gasteiger partial charge >= 0.3 is 0 Å². The second-order valence-corrected chi connectivity index (χ2v) is 5.99. The summed E-state index contributed by atoms with van der Waals surface area (Å²) >= 11 is 1.49. The standard InChI is InChI=1S/C17H16BN3OS/c18-13-8-6-12(7-9-13)17(22)20-11-3-10-19-16-14-4-1-2-5-15(14)23-21-16/h1-2,4-9H,3,10-11H2,(H,19,21)(H,20,22). The number of carbonyl (C=O) groups is 1. The highest BCUT2D eigenvalue weighted by Crippen LogP contribution is 2.25. The summed E-state index contributed by atoms with van der Waals surface area (Å²) in [6, 6.07) is 15.0. The molecule has 0 fully saturated rings. The fourth-order valence-electron chi connectivity index (χ4n) is 2.25. The van der Waals surface area contributed by atoms with E-state index in [-0.39, 0.29) is 5.91 Å². The summed E-state index contributed by atoms with van der Waals surface area (Å²) in [4.78, 5) is 11.9. The number of fused-ring (bicyclic) bond motifs is 1. The number of benzene rings is 2. The Morgan fingerprint density at radius 3 is 2.70 bits per heavy atom. The lowest BCUT2D eigenvalue weighted by atomic mass is 9.95. The molecule has 23 heavy (non-hydrogen) atoms.